The first-order chi connectivity index (χ1) is 8.11. The first-order valence-electron chi connectivity index (χ1n) is 6.49. The van der Waals surface area contributed by atoms with E-state index in [0.29, 0.717) is 12.0 Å². The van der Waals surface area contributed by atoms with Gasteiger partial charge >= 0.3 is 6.03 Å². The second-order valence-corrected chi connectivity index (χ2v) is 5.11. The molecular formula is C13H25N3O. The van der Waals surface area contributed by atoms with Crippen LogP contribution in [0.2, 0.25) is 0 Å². The SMILES string of the molecule is C=CCN1CCC(NC(=O)NCC(C)C)CC1. The molecule has 4 heteroatoms. The molecule has 0 aromatic heterocycles. The Hall–Kier alpha value is -1.03. The summed E-state index contributed by atoms with van der Waals surface area (Å²) < 4.78 is 0. The molecule has 0 radical (unpaired) electrons. The van der Waals surface area contributed by atoms with E-state index in [-0.39, 0.29) is 6.03 Å². The summed E-state index contributed by atoms with van der Waals surface area (Å²) >= 11 is 0. The molecule has 0 aliphatic carbocycles. The van der Waals surface area contributed by atoms with Gasteiger partial charge in [-0.25, -0.2) is 4.79 Å². The molecule has 0 unspecified atom stereocenters. The predicted molar refractivity (Wildman–Crippen MR) is 71.0 cm³/mol. The van der Waals surface area contributed by atoms with Crippen LogP contribution in [0.15, 0.2) is 12.7 Å². The number of piperidine rings is 1. The maximum Gasteiger partial charge on any atom is 0.315 e. The normalized spacial score (nSPS) is 18.1. The van der Waals surface area contributed by atoms with Crippen molar-refractivity contribution < 1.29 is 4.79 Å². The van der Waals surface area contributed by atoms with E-state index in [0.717, 1.165) is 39.0 Å². The van der Waals surface area contributed by atoms with Gasteiger partial charge in [0.15, 0.2) is 0 Å². The lowest BCUT2D eigenvalue weighted by atomic mass is 10.1. The van der Waals surface area contributed by atoms with Gasteiger partial charge in [0.25, 0.3) is 0 Å². The van der Waals surface area contributed by atoms with Crippen LogP contribution in [0.4, 0.5) is 4.79 Å². The van der Waals surface area contributed by atoms with Crippen molar-refractivity contribution in [2.45, 2.75) is 32.7 Å². The van der Waals surface area contributed by atoms with E-state index in [4.69, 9.17) is 0 Å². The minimum Gasteiger partial charge on any atom is -0.338 e. The fourth-order valence-electron chi connectivity index (χ4n) is 1.98. The zero-order valence-electron chi connectivity index (χ0n) is 11.0. The van der Waals surface area contributed by atoms with Gasteiger partial charge in [-0.05, 0) is 18.8 Å². The molecule has 2 amide bonds. The Balaban J connectivity index is 2.16. The summed E-state index contributed by atoms with van der Waals surface area (Å²) in [5.74, 6) is 0.496. The predicted octanol–water partition coefficient (Wildman–Crippen LogP) is 1.59. The molecule has 0 saturated carbocycles. The van der Waals surface area contributed by atoms with Gasteiger partial charge in [-0.3, -0.25) is 4.90 Å². The molecule has 0 atom stereocenters. The van der Waals surface area contributed by atoms with Crippen molar-refractivity contribution in [1.29, 1.82) is 0 Å². The zero-order valence-corrected chi connectivity index (χ0v) is 11.0. The first-order valence-corrected chi connectivity index (χ1v) is 6.49. The molecule has 1 saturated heterocycles. The summed E-state index contributed by atoms with van der Waals surface area (Å²) in [5.41, 5.74) is 0. The lowest BCUT2D eigenvalue weighted by molar-refractivity contribution is 0.203. The van der Waals surface area contributed by atoms with E-state index in [1.807, 2.05) is 6.08 Å². The third-order valence-corrected chi connectivity index (χ3v) is 2.98. The van der Waals surface area contributed by atoms with Crippen LogP contribution in [0.3, 0.4) is 0 Å². The number of hydrogen-bond acceptors (Lipinski definition) is 2. The minimum absolute atomic E-state index is 0.0270. The fourth-order valence-corrected chi connectivity index (χ4v) is 1.98. The molecule has 1 aliphatic rings. The number of rotatable bonds is 5. The van der Waals surface area contributed by atoms with E-state index in [1.165, 1.54) is 0 Å². The summed E-state index contributed by atoms with van der Waals surface area (Å²) in [6.07, 6.45) is 4.00. The van der Waals surface area contributed by atoms with Gasteiger partial charge in [0, 0.05) is 32.2 Å². The average Bonchev–Trinajstić information content (AvgIpc) is 2.29. The molecule has 0 aromatic carbocycles. The van der Waals surface area contributed by atoms with Crippen molar-refractivity contribution in [3.63, 3.8) is 0 Å². The molecule has 1 rings (SSSR count). The van der Waals surface area contributed by atoms with Crippen LogP contribution < -0.4 is 10.6 Å². The highest BCUT2D eigenvalue weighted by Crippen LogP contribution is 2.09. The van der Waals surface area contributed by atoms with Crippen LogP contribution in [-0.2, 0) is 0 Å². The van der Waals surface area contributed by atoms with Crippen molar-refractivity contribution in [3.05, 3.63) is 12.7 Å². The van der Waals surface area contributed by atoms with Gasteiger partial charge in [-0.2, -0.15) is 0 Å². The summed E-state index contributed by atoms with van der Waals surface area (Å²) in [6, 6.07) is 0.295. The molecule has 17 heavy (non-hydrogen) atoms. The summed E-state index contributed by atoms with van der Waals surface area (Å²) in [7, 11) is 0. The smallest absolute Gasteiger partial charge is 0.315 e. The van der Waals surface area contributed by atoms with E-state index in [9.17, 15) is 4.79 Å². The molecule has 98 valence electrons. The first kappa shape index (κ1) is 14.0. The molecule has 2 N–H and O–H groups in total. The Bertz CT molecular complexity index is 245. The molecule has 0 aromatic rings. The van der Waals surface area contributed by atoms with Crippen molar-refractivity contribution in [3.8, 4) is 0 Å². The number of nitrogens with zero attached hydrogens (tertiary/aromatic N) is 1. The van der Waals surface area contributed by atoms with Gasteiger partial charge in [0.1, 0.15) is 0 Å². The standard InChI is InChI=1S/C13H25N3O/c1-4-7-16-8-5-12(6-9-16)15-13(17)14-10-11(2)3/h4,11-12H,1,5-10H2,2-3H3,(H2,14,15,17). The van der Waals surface area contributed by atoms with Gasteiger partial charge in [0.05, 0.1) is 0 Å². The van der Waals surface area contributed by atoms with E-state index in [2.05, 4.69) is 36.0 Å². The zero-order chi connectivity index (χ0) is 12.7. The van der Waals surface area contributed by atoms with Crippen LogP contribution in [0.1, 0.15) is 26.7 Å². The van der Waals surface area contributed by atoms with Crippen molar-refractivity contribution >= 4 is 6.03 Å². The summed E-state index contributed by atoms with van der Waals surface area (Å²) in [6.45, 7) is 11.7. The van der Waals surface area contributed by atoms with E-state index in [1.54, 1.807) is 0 Å². The van der Waals surface area contributed by atoms with Gasteiger partial charge < -0.3 is 10.6 Å². The molecule has 0 bridgehead atoms. The Morgan fingerprint density at radius 3 is 2.65 bits per heavy atom. The highest BCUT2D eigenvalue weighted by atomic mass is 16.2. The minimum atomic E-state index is -0.0270. The second kappa shape index (κ2) is 7.33. The molecule has 1 fully saturated rings. The third-order valence-electron chi connectivity index (χ3n) is 2.98. The second-order valence-electron chi connectivity index (χ2n) is 5.11. The number of carbonyl (C=O) groups excluding carboxylic acids is 1. The molecule has 1 aliphatic heterocycles. The van der Waals surface area contributed by atoms with E-state index < -0.39 is 0 Å². The highest BCUT2D eigenvalue weighted by molar-refractivity contribution is 5.74. The Morgan fingerprint density at radius 1 is 1.47 bits per heavy atom. The maximum absolute atomic E-state index is 11.6. The Kier molecular flexibility index (Phi) is 6.05. The van der Waals surface area contributed by atoms with Crippen LogP contribution in [0, 0.1) is 5.92 Å². The summed E-state index contributed by atoms with van der Waals surface area (Å²) in [5, 5.41) is 5.92. The van der Waals surface area contributed by atoms with Crippen LogP contribution in [-0.4, -0.2) is 43.2 Å². The average molecular weight is 239 g/mol. The number of hydrogen-bond donors (Lipinski definition) is 2. The fraction of sp³-hybridized carbons (Fsp3) is 0.769. The lowest BCUT2D eigenvalue weighted by Gasteiger charge is -2.31. The Labute approximate surface area is 104 Å². The van der Waals surface area contributed by atoms with Gasteiger partial charge in [-0.15, -0.1) is 6.58 Å². The van der Waals surface area contributed by atoms with Crippen LogP contribution >= 0.6 is 0 Å². The van der Waals surface area contributed by atoms with Gasteiger partial charge in [-0.1, -0.05) is 19.9 Å². The quantitative estimate of drug-likeness (QED) is 0.716. The highest BCUT2D eigenvalue weighted by Gasteiger charge is 2.19. The number of carbonyl (C=O) groups is 1. The topological polar surface area (TPSA) is 44.4 Å². The molecule has 0 spiro atoms. The van der Waals surface area contributed by atoms with Crippen molar-refractivity contribution in [1.82, 2.24) is 15.5 Å². The van der Waals surface area contributed by atoms with Crippen molar-refractivity contribution in [2.75, 3.05) is 26.2 Å². The maximum atomic E-state index is 11.6. The molecule has 1 heterocycles. The van der Waals surface area contributed by atoms with Crippen LogP contribution in [0.25, 0.3) is 0 Å². The number of amides is 2. The van der Waals surface area contributed by atoms with E-state index >= 15 is 0 Å². The number of likely N-dealkylation sites (tertiary alicyclic amines) is 1. The summed E-state index contributed by atoms with van der Waals surface area (Å²) in [4.78, 5) is 13.9. The molecular weight excluding hydrogens is 214 g/mol. The monoisotopic (exact) mass is 239 g/mol. The molecule has 4 nitrogen and oxygen atoms in total. The lowest BCUT2D eigenvalue weighted by Crippen LogP contribution is -2.48. The van der Waals surface area contributed by atoms with Crippen LogP contribution in [0.5, 0.6) is 0 Å². The van der Waals surface area contributed by atoms with Gasteiger partial charge in [0.2, 0.25) is 0 Å². The number of nitrogens with one attached hydrogen (secondary N) is 2. The largest absolute Gasteiger partial charge is 0.338 e. The Morgan fingerprint density at radius 2 is 2.12 bits per heavy atom. The van der Waals surface area contributed by atoms with Crippen molar-refractivity contribution in [2.24, 2.45) is 5.92 Å². The number of urea groups is 1. The third kappa shape index (κ3) is 5.73.